The van der Waals surface area contributed by atoms with Gasteiger partial charge in [-0.15, -0.1) is 0 Å². The average molecular weight is 262 g/mol. The fraction of sp³-hybridized carbons (Fsp3) is 0.533. The second kappa shape index (κ2) is 6.06. The Morgan fingerprint density at radius 3 is 2.68 bits per heavy atom. The normalized spacial score (nSPS) is 16.5. The summed E-state index contributed by atoms with van der Waals surface area (Å²) in [6.45, 7) is 6.18. The van der Waals surface area contributed by atoms with E-state index in [9.17, 15) is 9.90 Å². The number of aliphatic hydroxyl groups excluding tert-OH is 1. The number of aliphatic hydroxyl groups is 1. The monoisotopic (exact) mass is 262 g/mol. The molecular formula is C15H22N2O2. The van der Waals surface area contributed by atoms with E-state index in [0.29, 0.717) is 25.9 Å². The standard InChI is InChI=1S/C15H22N2O2/c1-3-16-12-4-5-14(11(2)10-12)15(19)17-8-6-13(18)7-9-17/h4-5,10,13,16,18H,3,6-9H2,1-2H3. The molecule has 1 aromatic rings. The maximum atomic E-state index is 12.4. The van der Waals surface area contributed by atoms with E-state index >= 15 is 0 Å². The van der Waals surface area contributed by atoms with Crippen molar-refractivity contribution in [1.82, 2.24) is 4.90 Å². The number of hydrogen-bond acceptors (Lipinski definition) is 3. The van der Waals surface area contributed by atoms with E-state index in [4.69, 9.17) is 0 Å². The number of anilines is 1. The molecule has 0 atom stereocenters. The molecule has 104 valence electrons. The Morgan fingerprint density at radius 2 is 2.11 bits per heavy atom. The summed E-state index contributed by atoms with van der Waals surface area (Å²) < 4.78 is 0. The summed E-state index contributed by atoms with van der Waals surface area (Å²) in [5.74, 6) is 0.0763. The van der Waals surface area contributed by atoms with Gasteiger partial charge in [0, 0.05) is 30.9 Å². The second-order valence-electron chi connectivity index (χ2n) is 5.08. The number of amides is 1. The van der Waals surface area contributed by atoms with E-state index in [1.54, 1.807) is 0 Å². The van der Waals surface area contributed by atoms with Crippen LogP contribution in [0.5, 0.6) is 0 Å². The van der Waals surface area contributed by atoms with Crippen molar-refractivity contribution in [2.75, 3.05) is 25.0 Å². The summed E-state index contributed by atoms with van der Waals surface area (Å²) in [7, 11) is 0. The number of rotatable bonds is 3. The number of nitrogens with one attached hydrogen (secondary N) is 1. The SMILES string of the molecule is CCNc1ccc(C(=O)N2CCC(O)CC2)c(C)c1. The molecule has 0 aliphatic carbocycles. The minimum atomic E-state index is -0.249. The highest BCUT2D eigenvalue weighted by molar-refractivity contribution is 5.96. The number of nitrogens with zero attached hydrogens (tertiary/aromatic N) is 1. The lowest BCUT2D eigenvalue weighted by atomic mass is 10.0. The van der Waals surface area contributed by atoms with Crippen molar-refractivity contribution in [1.29, 1.82) is 0 Å². The number of benzene rings is 1. The quantitative estimate of drug-likeness (QED) is 0.876. The average Bonchev–Trinajstić information content (AvgIpc) is 2.39. The van der Waals surface area contributed by atoms with Crippen LogP contribution in [0.25, 0.3) is 0 Å². The number of likely N-dealkylation sites (tertiary alicyclic amines) is 1. The van der Waals surface area contributed by atoms with Crippen LogP contribution in [0.15, 0.2) is 18.2 Å². The first kappa shape index (κ1) is 13.9. The van der Waals surface area contributed by atoms with Gasteiger partial charge < -0.3 is 15.3 Å². The van der Waals surface area contributed by atoms with Crippen LogP contribution in [0.1, 0.15) is 35.7 Å². The van der Waals surface area contributed by atoms with E-state index in [0.717, 1.165) is 23.4 Å². The Kier molecular flexibility index (Phi) is 4.43. The molecule has 1 aliphatic heterocycles. The minimum absolute atomic E-state index is 0.0763. The maximum absolute atomic E-state index is 12.4. The minimum Gasteiger partial charge on any atom is -0.393 e. The van der Waals surface area contributed by atoms with Gasteiger partial charge in [-0.2, -0.15) is 0 Å². The van der Waals surface area contributed by atoms with Gasteiger partial charge in [-0.3, -0.25) is 4.79 Å². The lowest BCUT2D eigenvalue weighted by molar-refractivity contribution is 0.0546. The van der Waals surface area contributed by atoms with Crippen molar-refractivity contribution in [3.63, 3.8) is 0 Å². The van der Waals surface area contributed by atoms with Crippen molar-refractivity contribution in [3.8, 4) is 0 Å². The van der Waals surface area contributed by atoms with Gasteiger partial charge in [-0.05, 0) is 50.5 Å². The van der Waals surface area contributed by atoms with Gasteiger partial charge in [-0.1, -0.05) is 0 Å². The van der Waals surface area contributed by atoms with Crippen LogP contribution in [0.3, 0.4) is 0 Å². The third-order valence-corrected chi connectivity index (χ3v) is 3.59. The summed E-state index contributed by atoms with van der Waals surface area (Å²) in [4.78, 5) is 14.3. The van der Waals surface area contributed by atoms with Crippen molar-refractivity contribution < 1.29 is 9.90 Å². The molecule has 2 rings (SSSR count). The van der Waals surface area contributed by atoms with Crippen molar-refractivity contribution in [3.05, 3.63) is 29.3 Å². The predicted molar refractivity (Wildman–Crippen MR) is 76.5 cm³/mol. The van der Waals surface area contributed by atoms with E-state index in [-0.39, 0.29) is 12.0 Å². The molecule has 0 saturated carbocycles. The summed E-state index contributed by atoms with van der Waals surface area (Å²) in [6.07, 6.45) is 1.11. The molecule has 4 heteroatoms. The first-order valence-electron chi connectivity index (χ1n) is 6.93. The zero-order valence-corrected chi connectivity index (χ0v) is 11.6. The van der Waals surface area contributed by atoms with Gasteiger partial charge in [0.05, 0.1) is 6.10 Å². The largest absolute Gasteiger partial charge is 0.393 e. The van der Waals surface area contributed by atoms with Gasteiger partial charge in [0.25, 0.3) is 5.91 Å². The Bertz CT molecular complexity index is 451. The molecule has 1 amide bonds. The van der Waals surface area contributed by atoms with E-state index < -0.39 is 0 Å². The molecule has 0 bridgehead atoms. The number of piperidine rings is 1. The fourth-order valence-corrected chi connectivity index (χ4v) is 2.46. The molecule has 1 aromatic carbocycles. The van der Waals surface area contributed by atoms with Gasteiger partial charge in [-0.25, -0.2) is 0 Å². The van der Waals surface area contributed by atoms with E-state index in [1.165, 1.54) is 0 Å². The molecular weight excluding hydrogens is 240 g/mol. The first-order chi connectivity index (χ1) is 9.11. The summed E-state index contributed by atoms with van der Waals surface area (Å²) in [6, 6.07) is 5.85. The molecule has 1 heterocycles. The zero-order chi connectivity index (χ0) is 13.8. The topological polar surface area (TPSA) is 52.6 Å². The Morgan fingerprint density at radius 1 is 1.42 bits per heavy atom. The molecule has 0 aromatic heterocycles. The van der Waals surface area contributed by atoms with Crippen LogP contribution in [0.4, 0.5) is 5.69 Å². The van der Waals surface area contributed by atoms with Crippen molar-refractivity contribution in [2.24, 2.45) is 0 Å². The third kappa shape index (κ3) is 3.26. The highest BCUT2D eigenvalue weighted by Crippen LogP contribution is 2.19. The van der Waals surface area contributed by atoms with Crippen LogP contribution in [-0.4, -0.2) is 41.7 Å². The Balaban J connectivity index is 2.10. The highest BCUT2D eigenvalue weighted by Gasteiger charge is 2.23. The maximum Gasteiger partial charge on any atom is 0.254 e. The Hall–Kier alpha value is -1.55. The predicted octanol–water partition coefficient (Wildman–Crippen LogP) is 2.02. The van der Waals surface area contributed by atoms with Crippen LogP contribution in [-0.2, 0) is 0 Å². The summed E-state index contributed by atoms with van der Waals surface area (Å²) in [5.41, 5.74) is 2.80. The first-order valence-corrected chi connectivity index (χ1v) is 6.93. The van der Waals surface area contributed by atoms with Crippen molar-refractivity contribution >= 4 is 11.6 Å². The summed E-state index contributed by atoms with van der Waals surface area (Å²) in [5, 5.41) is 12.7. The Labute approximate surface area is 114 Å². The van der Waals surface area contributed by atoms with Gasteiger partial charge in [0.1, 0.15) is 0 Å². The lowest BCUT2D eigenvalue weighted by Gasteiger charge is -2.30. The molecule has 1 saturated heterocycles. The third-order valence-electron chi connectivity index (χ3n) is 3.59. The lowest BCUT2D eigenvalue weighted by Crippen LogP contribution is -2.40. The zero-order valence-electron chi connectivity index (χ0n) is 11.6. The number of hydrogen-bond donors (Lipinski definition) is 2. The van der Waals surface area contributed by atoms with E-state index in [2.05, 4.69) is 5.32 Å². The van der Waals surface area contributed by atoms with Crippen LogP contribution in [0, 0.1) is 6.92 Å². The molecule has 1 fully saturated rings. The number of aryl methyl sites for hydroxylation is 1. The van der Waals surface area contributed by atoms with Crippen LogP contribution < -0.4 is 5.32 Å². The van der Waals surface area contributed by atoms with Crippen LogP contribution in [0.2, 0.25) is 0 Å². The summed E-state index contributed by atoms with van der Waals surface area (Å²) >= 11 is 0. The van der Waals surface area contributed by atoms with Gasteiger partial charge >= 0.3 is 0 Å². The smallest absolute Gasteiger partial charge is 0.254 e. The highest BCUT2D eigenvalue weighted by atomic mass is 16.3. The molecule has 0 unspecified atom stereocenters. The number of carbonyl (C=O) groups is 1. The van der Waals surface area contributed by atoms with Crippen LogP contribution >= 0.6 is 0 Å². The molecule has 2 N–H and O–H groups in total. The van der Waals surface area contributed by atoms with Gasteiger partial charge in [0.15, 0.2) is 0 Å². The molecule has 19 heavy (non-hydrogen) atoms. The number of carbonyl (C=O) groups excluding carboxylic acids is 1. The molecule has 4 nitrogen and oxygen atoms in total. The fourth-order valence-electron chi connectivity index (χ4n) is 2.46. The second-order valence-corrected chi connectivity index (χ2v) is 5.08. The molecule has 1 aliphatic rings. The molecule has 0 spiro atoms. The van der Waals surface area contributed by atoms with Gasteiger partial charge in [0.2, 0.25) is 0 Å². The molecule has 0 radical (unpaired) electrons. The van der Waals surface area contributed by atoms with E-state index in [1.807, 2.05) is 36.9 Å². The van der Waals surface area contributed by atoms with Crippen molar-refractivity contribution in [2.45, 2.75) is 32.8 Å².